The first-order valence-electron chi connectivity index (χ1n) is 8.53. The van der Waals surface area contributed by atoms with Crippen molar-refractivity contribution in [2.75, 3.05) is 0 Å². The van der Waals surface area contributed by atoms with E-state index in [1.54, 1.807) is 0 Å². The number of rotatable bonds is 4. The molecule has 9 heteroatoms. The van der Waals surface area contributed by atoms with Crippen molar-refractivity contribution in [3.05, 3.63) is 88.8 Å². The maximum Gasteiger partial charge on any atom is 0.154 e. The zero-order valence-electron chi connectivity index (χ0n) is 15.7. The van der Waals surface area contributed by atoms with Crippen molar-refractivity contribution in [3.8, 4) is 0 Å². The lowest BCUT2D eigenvalue weighted by Gasteiger charge is -2.07. The lowest BCUT2D eigenvalue weighted by Crippen LogP contribution is -2.05. The van der Waals surface area contributed by atoms with Crippen molar-refractivity contribution in [3.63, 3.8) is 0 Å². The lowest BCUT2D eigenvalue weighted by atomic mass is 10.2. The first kappa shape index (κ1) is 21.2. The maximum atomic E-state index is 13.8. The first-order valence-corrected chi connectivity index (χ1v) is 8.53. The molecule has 3 rings (SSSR count). The number of halogens is 6. The molecule has 0 radical (unpaired) electrons. The molecule has 1 aromatic heterocycles. The number of pyridine rings is 1. The van der Waals surface area contributed by atoms with Gasteiger partial charge in [0.15, 0.2) is 23.3 Å². The summed E-state index contributed by atoms with van der Waals surface area (Å²) in [5, 5.41) is 0. The van der Waals surface area contributed by atoms with E-state index in [-0.39, 0.29) is 22.8 Å². The fourth-order valence-electron chi connectivity index (χ4n) is 2.57. The van der Waals surface area contributed by atoms with Crippen LogP contribution in [0, 0.1) is 34.9 Å². The Morgan fingerprint density at radius 3 is 1.30 bits per heavy atom. The molecule has 0 bridgehead atoms. The molecule has 0 spiro atoms. The van der Waals surface area contributed by atoms with Crippen molar-refractivity contribution in [2.24, 2.45) is 9.98 Å². The number of nitrogens with zero attached hydrogens (tertiary/aromatic N) is 3. The highest BCUT2D eigenvalue weighted by Gasteiger charge is 2.14. The summed E-state index contributed by atoms with van der Waals surface area (Å²) < 4.78 is 81.3. The quantitative estimate of drug-likeness (QED) is 0.365. The van der Waals surface area contributed by atoms with Gasteiger partial charge in [-0.2, -0.15) is 0 Å². The van der Waals surface area contributed by atoms with Crippen LogP contribution in [0.3, 0.4) is 0 Å². The van der Waals surface area contributed by atoms with E-state index in [1.165, 1.54) is 32.0 Å². The van der Waals surface area contributed by atoms with Crippen LogP contribution < -0.4 is 0 Å². The zero-order valence-corrected chi connectivity index (χ0v) is 15.7. The Labute approximate surface area is 167 Å². The van der Waals surface area contributed by atoms with Gasteiger partial charge in [0.25, 0.3) is 0 Å². The average molecular weight is 421 g/mol. The molecule has 0 unspecified atom stereocenters. The Hall–Kier alpha value is -3.49. The van der Waals surface area contributed by atoms with Crippen LogP contribution in [0.5, 0.6) is 0 Å². The summed E-state index contributed by atoms with van der Waals surface area (Å²) in [6.07, 6.45) is 0. The van der Waals surface area contributed by atoms with Gasteiger partial charge >= 0.3 is 0 Å². The molecule has 1 heterocycles. The van der Waals surface area contributed by atoms with Crippen LogP contribution in [0.15, 0.2) is 52.4 Å². The average Bonchev–Trinajstić information content (AvgIpc) is 2.67. The van der Waals surface area contributed by atoms with Crippen molar-refractivity contribution >= 4 is 22.8 Å². The largest absolute Gasteiger partial charge is 0.245 e. The third-order valence-corrected chi connectivity index (χ3v) is 4.01. The fraction of sp³-hybridized carbons (Fsp3) is 0.0952. The molecule has 0 N–H and O–H groups in total. The minimum atomic E-state index is -1.18. The number of aliphatic imine (C=N–C) groups is 2. The molecule has 0 saturated heterocycles. The Morgan fingerprint density at radius 1 is 0.633 bits per heavy atom. The molecule has 0 atom stereocenters. The van der Waals surface area contributed by atoms with Gasteiger partial charge in [0.05, 0.1) is 22.8 Å². The lowest BCUT2D eigenvalue weighted by molar-refractivity contribution is 0.545. The second-order valence-electron chi connectivity index (χ2n) is 6.24. The van der Waals surface area contributed by atoms with Gasteiger partial charge in [0.1, 0.15) is 23.0 Å². The van der Waals surface area contributed by atoms with Gasteiger partial charge in [0.2, 0.25) is 0 Å². The van der Waals surface area contributed by atoms with E-state index in [4.69, 9.17) is 0 Å². The molecule has 0 saturated carbocycles. The second kappa shape index (κ2) is 8.48. The van der Waals surface area contributed by atoms with E-state index in [0.29, 0.717) is 24.3 Å². The van der Waals surface area contributed by atoms with Crippen LogP contribution in [0.25, 0.3) is 0 Å². The van der Waals surface area contributed by atoms with Gasteiger partial charge in [0, 0.05) is 24.3 Å². The van der Waals surface area contributed by atoms with E-state index in [2.05, 4.69) is 15.0 Å². The van der Waals surface area contributed by atoms with Crippen LogP contribution in [0.4, 0.5) is 37.7 Å². The van der Waals surface area contributed by atoms with Gasteiger partial charge in [-0.25, -0.2) is 41.3 Å². The van der Waals surface area contributed by atoms with Crippen LogP contribution in [0.2, 0.25) is 0 Å². The summed E-state index contributed by atoms with van der Waals surface area (Å²) in [6.45, 7) is 2.86. The van der Waals surface area contributed by atoms with Gasteiger partial charge < -0.3 is 0 Å². The second-order valence-corrected chi connectivity index (χ2v) is 6.24. The van der Waals surface area contributed by atoms with Crippen molar-refractivity contribution in [1.29, 1.82) is 0 Å². The van der Waals surface area contributed by atoms with Gasteiger partial charge in [-0.1, -0.05) is 6.07 Å². The van der Waals surface area contributed by atoms with Gasteiger partial charge in [-0.15, -0.1) is 0 Å². The minimum Gasteiger partial charge on any atom is -0.245 e. The Morgan fingerprint density at radius 2 is 0.967 bits per heavy atom. The number of benzene rings is 2. The van der Waals surface area contributed by atoms with E-state index in [1.807, 2.05) is 0 Å². The molecule has 30 heavy (non-hydrogen) atoms. The molecular formula is C21H13F6N3. The molecule has 0 aliphatic carbocycles. The number of hydrogen-bond donors (Lipinski definition) is 0. The third kappa shape index (κ3) is 4.56. The molecule has 3 aromatic rings. The Balaban J connectivity index is 1.99. The molecule has 0 amide bonds. The van der Waals surface area contributed by atoms with Crippen LogP contribution in [-0.4, -0.2) is 16.4 Å². The SMILES string of the molecule is CC(=Nc1c(F)cc(F)cc1F)c1cccc(C(C)=Nc2c(F)cc(F)cc2F)n1. The van der Waals surface area contributed by atoms with Crippen molar-refractivity contribution in [1.82, 2.24) is 4.98 Å². The first-order chi connectivity index (χ1) is 14.2. The molecule has 0 fully saturated rings. The summed E-state index contributed by atoms with van der Waals surface area (Å²) in [5.41, 5.74) is -0.749. The summed E-state index contributed by atoms with van der Waals surface area (Å²) >= 11 is 0. The summed E-state index contributed by atoms with van der Waals surface area (Å²) in [7, 11) is 0. The molecule has 0 aliphatic rings. The fourth-order valence-corrected chi connectivity index (χ4v) is 2.57. The summed E-state index contributed by atoms with van der Waals surface area (Å²) in [4.78, 5) is 11.9. The van der Waals surface area contributed by atoms with Gasteiger partial charge in [-0.05, 0) is 26.0 Å². The molecule has 0 aliphatic heterocycles. The standard InChI is InChI=1S/C21H13F6N3/c1-10(28-20-14(24)6-12(22)7-15(20)25)18-4-3-5-19(30-18)11(2)29-21-16(26)8-13(23)9-17(21)27/h3-9H,1-2H3. The summed E-state index contributed by atoms with van der Waals surface area (Å²) in [6, 6.07) is 6.53. The highest BCUT2D eigenvalue weighted by atomic mass is 19.2. The van der Waals surface area contributed by atoms with Crippen LogP contribution in [-0.2, 0) is 0 Å². The van der Waals surface area contributed by atoms with Crippen molar-refractivity contribution < 1.29 is 26.3 Å². The van der Waals surface area contributed by atoms with E-state index >= 15 is 0 Å². The van der Waals surface area contributed by atoms with E-state index in [0.717, 1.165) is 0 Å². The van der Waals surface area contributed by atoms with E-state index in [9.17, 15) is 26.3 Å². The number of hydrogen-bond acceptors (Lipinski definition) is 3. The Kier molecular flexibility index (Phi) is 6.00. The highest BCUT2D eigenvalue weighted by Crippen LogP contribution is 2.25. The normalized spacial score (nSPS) is 12.4. The van der Waals surface area contributed by atoms with Crippen molar-refractivity contribution in [2.45, 2.75) is 13.8 Å². The van der Waals surface area contributed by atoms with Gasteiger partial charge in [-0.3, -0.25) is 0 Å². The topological polar surface area (TPSA) is 37.6 Å². The van der Waals surface area contributed by atoms with Crippen LogP contribution >= 0.6 is 0 Å². The van der Waals surface area contributed by atoms with E-state index < -0.39 is 46.3 Å². The predicted octanol–water partition coefficient (Wildman–Crippen LogP) is 6.20. The Bertz CT molecular complexity index is 1050. The predicted molar refractivity (Wildman–Crippen MR) is 101 cm³/mol. The molecule has 2 aromatic carbocycles. The third-order valence-electron chi connectivity index (χ3n) is 4.01. The molecular weight excluding hydrogens is 408 g/mol. The number of aromatic nitrogens is 1. The van der Waals surface area contributed by atoms with Crippen LogP contribution in [0.1, 0.15) is 25.2 Å². The molecule has 3 nitrogen and oxygen atoms in total. The molecule has 154 valence electrons. The minimum absolute atomic E-state index is 0.105. The maximum absolute atomic E-state index is 13.8. The highest BCUT2D eigenvalue weighted by molar-refractivity contribution is 6.02. The smallest absolute Gasteiger partial charge is 0.154 e. The monoisotopic (exact) mass is 421 g/mol. The summed E-state index contributed by atoms with van der Waals surface area (Å²) in [5.74, 6) is -6.86. The zero-order chi connectivity index (χ0) is 22.0.